The molecular weight excluding hydrogens is 344 g/mol. The van der Waals surface area contributed by atoms with E-state index in [2.05, 4.69) is 27.6 Å². The van der Waals surface area contributed by atoms with Gasteiger partial charge in [0.15, 0.2) is 5.82 Å². The van der Waals surface area contributed by atoms with Gasteiger partial charge in [0.2, 0.25) is 5.89 Å². The summed E-state index contributed by atoms with van der Waals surface area (Å²) in [6.45, 7) is 1.59. The summed E-state index contributed by atoms with van der Waals surface area (Å²) in [7, 11) is 0. The molecule has 3 heterocycles. The highest BCUT2D eigenvalue weighted by Crippen LogP contribution is 2.39. The van der Waals surface area contributed by atoms with E-state index in [4.69, 9.17) is 9.26 Å². The minimum absolute atomic E-state index is 0.0946. The van der Waals surface area contributed by atoms with Crippen LogP contribution in [0.25, 0.3) is 6.08 Å². The molecule has 0 unspecified atom stereocenters. The normalized spacial score (nSPS) is 20.2. The molecule has 0 radical (unpaired) electrons. The molecule has 0 atom stereocenters. The molecule has 2 fully saturated rings. The third-order valence-corrected chi connectivity index (χ3v) is 5.50. The first-order chi connectivity index (χ1) is 13.2. The lowest BCUT2D eigenvalue weighted by atomic mass is 9.88. The quantitative estimate of drug-likeness (QED) is 0.903. The molecule has 2 aromatic rings. The van der Waals surface area contributed by atoms with Crippen molar-refractivity contribution in [3.63, 3.8) is 0 Å². The number of hydrogen-bond acceptors (Lipinski definition) is 5. The maximum atomic E-state index is 12.5. The number of nitrogens with zero attached hydrogens (tertiary/aromatic N) is 3. The molecule has 1 aromatic carbocycles. The predicted molar refractivity (Wildman–Crippen MR) is 98.2 cm³/mol. The Morgan fingerprint density at radius 1 is 1.26 bits per heavy atom. The van der Waals surface area contributed by atoms with Gasteiger partial charge in [-0.25, -0.2) is 4.79 Å². The molecular formula is C20H22N4O3. The Morgan fingerprint density at radius 2 is 2.07 bits per heavy atom. The van der Waals surface area contributed by atoms with Crippen LogP contribution in [0, 0.1) is 0 Å². The first-order valence-electron chi connectivity index (χ1n) is 9.53. The Labute approximate surface area is 157 Å². The van der Waals surface area contributed by atoms with Gasteiger partial charge < -0.3 is 19.5 Å². The molecule has 1 aromatic heterocycles. The van der Waals surface area contributed by atoms with Crippen molar-refractivity contribution in [2.24, 2.45) is 0 Å². The number of piperidine rings is 1. The summed E-state index contributed by atoms with van der Waals surface area (Å²) in [5, 5.41) is 6.83. The van der Waals surface area contributed by atoms with Gasteiger partial charge in [0, 0.05) is 37.4 Å². The molecule has 5 rings (SSSR count). The largest absolute Gasteiger partial charge is 0.482 e. The van der Waals surface area contributed by atoms with Crippen LogP contribution in [-0.2, 0) is 6.54 Å². The van der Waals surface area contributed by atoms with Crippen LogP contribution in [0.5, 0.6) is 5.75 Å². The molecule has 3 aliphatic rings. The second-order valence-electron chi connectivity index (χ2n) is 7.51. The van der Waals surface area contributed by atoms with Crippen LogP contribution in [-0.4, -0.2) is 39.8 Å². The van der Waals surface area contributed by atoms with Crippen molar-refractivity contribution < 1.29 is 14.1 Å². The van der Waals surface area contributed by atoms with Gasteiger partial charge in [-0.2, -0.15) is 4.98 Å². The second-order valence-corrected chi connectivity index (χ2v) is 7.51. The van der Waals surface area contributed by atoms with E-state index in [9.17, 15) is 4.79 Å². The zero-order valence-electron chi connectivity index (χ0n) is 15.1. The van der Waals surface area contributed by atoms with E-state index >= 15 is 0 Å². The van der Waals surface area contributed by atoms with Gasteiger partial charge in [-0.15, -0.1) is 0 Å². The number of rotatable bonds is 3. The molecule has 1 spiro atoms. The van der Waals surface area contributed by atoms with Gasteiger partial charge in [0.25, 0.3) is 0 Å². The smallest absolute Gasteiger partial charge is 0.317 e. The number of urea groups is 1. The number of ether oxygens (including phenoxy) is 1. The molecule has 1 aliphatic carbocycles. The number of carbonyl (C=O) groups is 1. The van der Waals surface area contributed by atoms with Crippen molar-refractivity contribution in [1.29, 1.82) is 0 Å². The fourth-order valence-corrected chi connectivity index (χ4v) is 3.66. The van der Waals surface area contributed by atoms with Crippen LogP contribution in [0.1, 0.15) is 48.9 Å². The third kappa shape index (κ3) is 3.29. The summed E-state index contributed by atoms with van der Waals surface area (Å²) in [6, 6.07) is 7.95. The molecule has 2 aliphatic heterocycles. The molecule has 1 N–H and O–H groups in total. The van der Waals surface area contributed by atoms with Gasteiger partial charge >= 0.3 is 6.03 Å². The summed E-state index contributed by atoms with van der Waals surface area (Å²) in [4.78, 5) is 18.6. The first-order valence-corrected chi connectivity index (χ1v) is 9.53. The van der Waals surface area contributed by atoms with Gasteiger partial charge in [-0.05, 0) is 25.0 Å². The van der Waals surface area contributed by atoms with E-state index in [1.54, 1.807) is 0 Å². The number of likely N-dealkylation sites (tertiary alicyclic amines) is 1. The molecule has 1 saturated heterocycles. The number of hydrogen-bond donors (Lipinski definition) is 1. The first kappa shape index (κ1) is 16.4. The highest BCUT2D eigenvalue weighted by molar-refractivity contribution is 5.74. The molecule has 0 bridgehead atoms. The molecule has 2 amide bonds. The summed E-state index contributed by atoms with van der Waals surface area (Å²) in [6.07, 6.45) is 8.05. The number of para-hydroxylation sites is 1. The highest BCUT2D eigenvalue weighted by atomic mass is 16.5. The lowest BCUT2D eigenvalue weighted by Crippen LogP contribution is -2.51. The molecule has 140 valence electrons. The van der Waals surface area contributed by atoms with E-state index in [-0.39, 0.29) is 11.6 Å². The third-order valence-electron chi connectivity index (χ3n) is 5.50. The summed E-state index contributed by atoms with van der Waals surface area (Å²) >= 11 is 0. The van der Waals surface area contributed by atoms with E-state index < -0.39 is 0 Å². The fourth-order valence-electron chi connectivity index (χ4n) is 3.66. The Balaban J connectivity index is 1.15. The van der Waals surface area contributed by atoms with Crippen molar-refractivity contribution in [3.05, 3.63) is 47.6 Å². The lowest BCUT2D eigenvalue weighted by Gasteiger charge is -2.41. The van der Waals surface area contributed by atoms with Gasteiger partial charge in [-0.3, -0.25) is 0 Å². The van der Waals surface area contributed by atoms with Gasteiger partial charge in [0.05, 0.1) is 6.54 Å². The molecule has 7 nitrogen and oxygen atoms in total. The SMILES string of the molecule is O=C(NCc1noc(C2CC2)n1)N1CCC2(C=Cc3ccccc3O2)CC1. The van der Waals surface area contributed by atoms with E-state index in [1.165, 1.54) is 0 Å². The predicted octanol–water partition coefficient (Wildman–Crippen LogP) is 3.10. The number of carbonyl (C=O) groups excluding carboxylic acids is 1. The zero-order valence-corrected chi connectivity index (χ0v) is 15.1. The lowest BCUT2D eigenvalue weighted by molar-refractivity contribution is 0.0497. The Hall–Kier alpha value is -2.83. The van der Waals surface area contributed by atoms with Gasteiger partial charge in [0.1, 0.15) is 11.4 Å². The molecule has 27 heavy (non-hydrogen) atoms. The van der Waals surface area contributed by atoms with Crippen molar-refractivity contribution in [2.45, 2.75) is 43.7 Å². The Bertz CT molecular complexity index is 879. The maximum absolute atomic E-state index is 12.5. The minimum atomic E-state index is -0.308. The van der Waals surface area contributed by atoms with Crippen molar-refractivity contribution in [2.75, 3.05) is 13.1 Å². The van der Waals surface area contributed by atoms with Crippen LogP contribution in [0.15, 0.2) is 34.9 Å². The second kappa shape index (κ2) is 6.40. The Kier molecular flexibility index (Phi) is 3.88. The van der Waals surface area contributed by atoms with Crippen LogP contribution >= 0.6 is 0 Å². The van der Waals surface area contributed by atoms with Crippen LogP contribution in [0.2, 0.25) is 0 Å². The van der Waals surface area contributed by atoms with Gasteiger partial charge in [-0.1, -0.05) is 29.4 Å². The average Bonchev–Trinajstić information content (AvgIpc) is 3.45. The van der Waals surface area contributed by atoms with Crippen molar-refractivity contribution in [1.82, 2.24) is 20.4 Å². The standard InChI is InChI=1S/C20H22N4O3/c25-19(21-13-17-22-18(27-23-17)15-5-6-15)24-11-9-20(10-12-24)8-7-14-3-1-2-4-16(14)26-20/h1-4,7-8,15H,5-6,9-13H2,(H,21,25). The van der Waals surface area contributed by atoms with E-state index in [1.807, 2.05) is 29.2 Å². The summed E-state index contributed by atoms with van der Waals surface area (Å²) < 4.78 is 11.5. The number of nitrogens with one attached hydrogen (secondary N) is 1. The average molecular weight is 366 g/mol. The van der Waals surface area contributed by atoms with Crippen LogP contribution < -0.4 is 10.1 Å². The fraction of sp³-hybridized carbons (Fsp3) is 0.450. The molecule has 1 saturated carbocycles. The number of amides is 2. The van der Waals surface area contributed by atoms with E-state index in [0.717, 1.165) is 37.0 Å². The highest BCUT2D eigenvalue weighted by Gasteiger charge is 2.38. The van der Waals surface area contributed by atoms with E-state index in [0.29, 0.717) is 37.3 Å². The summed E-state index contributed by atoms with van der Waals surface area (Å²) in [5.41, 5.74) is 0.798. The minimum Gasteiger partial charge on any atom is -0.482 e. The topological polar surface area (TPSA) is 80.5 Å². The van der Waals surface area contributed by atoms with Crippen molar-refractivity contribution in [3.8, 4) is 5.75 Å². The number of aromatic nitrogens is 2. The number of fused-ring (bicyclic) bond motifs is 1. The zero-order chi connectivity index (χ0) is 18.3. The number of benzene rings is 1. The van der Waals surface area contributed by atoms with Crippen molar-refractivity contribution >= 4 is 12.1 Å². The monoisotopic (exact) mass is 366 g/mol. The Morgan fingerprint density at radius 3 is 2.89 bits per heavy atom. The summed E-state index contributed by atoms with van der Waals surface area (Å²) in [5.74, 6) is 2.57. The van der Waals surface area contributed by atoms with Crippen LogP contribution in [0.4, 0.5) is 4.79 Å². The molecule has 7 heteroatoms. The van der Waals surface area contributed by atoms with Crippen LogP contribution in [0.3, 0.4) is 0 Å². The maximum Gasteiger partial charge on any atom is 0.317 e.